The van der Waals surface area contributed by atoms with Gasteiger partial charge < -0.3 is 19.2 Å². The maximum atomic E-state index is 12.2. The molecule has 0 amide bonds. The molecule has 0 aliphatic carbocycles. The van der Waals surface area contributed by atoms with Crippen molar-refractivity contribution in [1.82, 2.24) is 0 Å². The molecule has 0 spiro atoms. The molecule has 1 aliphatic heterocycles. The Morgan fingerprint density at radius 3 is 2.74 bits per heavy atom. The van der Waals surface area contributed by atoms with Gasteiger partial charge in [0, 0.05) is 25.1 Å². The topological polar surface area (TPSA) is 99.1 Å². The van der Waals surface area contributed by atoms with Crippen LogP contribution in [0, 0.1) is 0 Å². The van der Waals surface area contributed by atoms with Crippen molar-refractivity contribution in [3.8, 4) is 5.75 Å². The first kappa shape index (κ1) is 21.0. The summed E-state index contributed by atoms with van der Waals surface area (Å²) >= 11 is 0. The molecule has 1 aliphatic rings. The molecule has 8 heteroatoms. The number of Topliss-reactive ketones (excluding diaryl/α,β-unsaturated/α-hetero) is 1. The number of hydrogen-bond acceptors (Lipinski definition) is 7. The Labute approximate surface area is 159 Å². The average Bonchev–Trinajstić information content (AvgIpc) is 2.66. The lowest BCUT2D eigenvalue weighted by atomic mass is 9.64. The SMILES string of the molecule is CCCCC(=O)C[C@H]1Cc2cccc(C(=O)OCOC(=O)CC)c2OB1O. The number of ketones is 1. The number of para-hydroxylation sites is 1. The number of ether oxygens (including phenoxy) is 2. The van der Waals surface area contributed by atoms with Crippen molar-refractivity contribution in [3.63, 3.8) is 0 Å². The number of rotatable bonds is 9. The first-order valence-corrected chi connectivity index (χ1v) is 9.27. The van der Waals surface area contributed by atoms with Gasteiger partial charge in [-0.15, -0.1) is 0 Å². The van der Waals surface area contributed by atoms with Crippen molar-refractivity contribution < 1.29 is 33.5 Å². The Bertz CT molecular complexity index is 689. The number of hydrogen-bond donors (Lipinski definition) is 1. The molecular weight excluding hydrogens is 351 g/mol. The predicted molar refractivity (Wildman–Crippen MR) is 98.3 cm³/mol. The molecule has 2 rings (SSSR count). The van der Waals surface area contributed by atoms with E-state index in [1.54, 1.807) is 19.1 Å². The van der Waals surface area contributed by atoms with Gasteiger partial charge in [0.1, 0.15) is 17.1 Å². The Morgan fingerprint density at radius 2 is 2.04 bits per heavy atom. The summed E-state index contributed by atoms with van der Waals surface area (Å²) in [6.45, 7) is 3.18. The fourth-order valence-corrected chi connectivity index (χ4v) is 2.92. The van der Waals surface area contributed by atoms with Gasteiger partial charge >= 0.3 is 19.1 Å². The molecule has 1 N–H and O–H groups in total. The van der Waals surface area contributed by atoms with E-state index in [0.717, 1.165) is 18.4 Å². The molecule has 7 nitrogen and oxygen atoms in total. The van der Waals surface area contributed by atoms with Crippen molar-refractivity contribution in [1.29, 1.82) is 0 Å². The van der Waals surface area contributed by atoms with Gasteiger partial charge in [-0.1, -0.05) is 32.4 Å². The van der Waals surface area contributed by atoms with E-state index in [9.17, 15) is 19.4 Å². The molecule has 0 unspecified atom stereocenters. The highest BCUT2D eigenvalue weighted by atomic mass is 16.7. The summed E-state index contributed by atoms with van der Waals surface area (Å²) in [7, 11) is -1.17. The highest BCUT2D eigenvalue weighted by Crippen LogP contribution is 2.36. The second-order valence-corrected chi connectivity index (χ2v) is 6.53. The molecule has 1 heterocycles. The first-order valence-electron chi connectivity index (χ1n) is 9.27. The summed E-state index contributed by atoms with van der Waals surface area (Å²) in [4.78, 5) is 35.4. The molecule has 27 heavy (non-hydrogen) atoms. The molecule has 146 valence electrons. The number of carbonyl (C=O) groups is 3. The Hall–Kier alpha value is -2.35. The normalized spacial score (nSPS) is 15.5. The molecule has 0 saturated carbocycles. The standard InChI is InChI=1S/C19H25BO7/c1-3-5-8-15(21)11-14-10-13-7-6-9-16(18(13)27-20(14)24)19(23)26-12-25-17(22)4-2/h6-7,9,14,24H,3-5,8,10-12H2,1-2H3/t14-/m1/s1. The zero-order valence-corrected chi connectivity index (χ0v) is 15.7. The van der Waals surface area contributed by atoms with Gasteiger partial charge in [-0.3, -0.25) is 9.59 Å². The Morgan fingerprint density at radius 1 is 1.26 bits per heavy atom. The second-order valence-electron chi connectivity index (χ2n) is 6.53. The quantitative estimate of drug-likeness (QED) is 0.402. The van der Waals surface area contributed by atoms with Crippen LogP contribution < -0.4 is 4.65 Å². The lowest BCUT2D eigenvalue weighted by Crippen LogP contribution is -2.36. The molecule has 1 atom stereocenters. The summed E-state index contributed by atoms with van der Waals surface area (Å²) in [6, 6.07) is 4.99. The minimum Gasteiger partial charge on any atom is -0.535 e. The van der Waals surface area contributed by atoms with Crippen LogP contribution in [0.1, 0.15) is 61.9 Å². The largest absolute Gasteiger partial charge is 0.535 e. The molecule has 0 fully saturated rings. The third-order valence-corrected chi connectivity index (χ3v) is 4.44. The smallest absolute Gasteiger partial charge is 0.526 e. The van der Waals surface area contributed by atoms with Crippen LogP contribution in [0.5, 0.6) is 5.75 Å². The van der Waals surface area contributed by atoms with Crippen LogP contribution in [0.4, 0.5) is 0 Å². The first-order chi connectivity index (χ1) is 13.0. The number of fused-ring (bicyclic) bond motifs is 1. The van der Waals surface area contributed by atoms with Crippen LogP contribution in [0.2, 0.25) is 5.82 Å². The third-order valence-electron chi connectivity index (χ3n) is 4.44. The number of esters is 2. The lowest BCUT2D eigenvalue weighted by molar-refractivity contribution is -0.151. The van der Waals surface area contributed by atoms with Crippen LogP contribution in [-0.2, 0) is 25.5 Å². The van der Waals surface area contributed by atoms with E-state index in [0.29, 0.717) is 12.8 Å². The van der Waals surface area contributed by atoms with E-state index >= 15 is 0 Å². The van der Waals surface area contributed by atoms with Crippen molar-refractivity contribution in [3.05, 3.63) is 29.3 Å². The van der Waals surface area contributed by atoms with Crippen molar-refractivity contribution in [2.45, 2.75) is 58.2 Å². The zero-order valence-electron chi connectivity index (χ0n) is 15.7. The fraction of sp³-hybridized carbons (Fsp3) is 0.526. The predicted octanol–water partition coefficient (Wildman–Crippen LogP) is 2.69. The monoisotopic (exact) mass is 376 g/mol. The average molecular weight is 376 g/mol. The highest BCUT2D eigenvalue weighted by Gasteiger charge is 2.37. The van der Waals surface area contributed by atoms with Gasteiger partial charge in [0.2, 0.25) is 6.79 Å². The zero-order chi connectivity index (χ0) is 19.8. The van der Waals surface area contributed by atoms with E-state index in [4.69, 9.17) is 14.1 Å². The summed E-state index contributed by atoms with van der Waals surface area (Å²) in [5.41, 5.74) is 0.878. The number of carbonyl (C=O) groups excluding carboxylic acids is 3. The van der Waals surface area contributed by atoms with Gasteiger partial charge in [0.15, 0.2) is 0 Å². The lowest BCUT2D eigenvalue weighted by Gasteiger charge is -2.28. The fourth-order valence-electron chi connectivity index (χ4n) is 2.92. The highest BCUT2D eigenvalue weighted by molar-refractivity contribution is 6.47. The van der Waals surface area contributed by atoms with Gasteiger partial charge in [0.25, 0.3) is 0 Å². The summed E-state index contributed by atoms with van der Waals surface area (Å²) < 4.78 is 15.2. The van der Waals surface area contributed by atoms with Crippen molar-refractivity contribution in [2.75, 3.05) is 6.79 Å². The van der Waals surface area contributed by atoms with E-state index in [1.165, 1.54) is 6.07 Å². The van der Waals surface area contributed by atoms with E-state index in [2.05, 4.69) is 0 Å². The maximum Gasteiger partial charge on any atom is 0.526 e. The van der Waals surface area contributed by atoms with Crippen molar-refractivity contribution in [2.24, 2.45) is 0 Å². The molecule has 0 aromatic heterocycles. The minimum absolute atomic E-state index is 0.0984. The summed E-state index contributed by atoms with van der Waals surface area (Å²) in [6.07, 6.45) is 3.12. The number of unbranched alkanes of at least 4 members (excludes halogenated alkanes) is 1. The molecule has 0 bridgehead atoms. The minimum atomic E-state index is -1.17. The second kappa shape index (κ2) is 10.1. The van der Waals surface area contributed by atoms with Gasteiger partial charge in [0.05, 0.1) is 0 Å². The summed E-state index contributed by atoms with van der Waals surface area (Å²) in [5.74, 6) is -1.19. The Balaban J connectivity index is 2.03. The van der Waals surface area contributed by atoms with Crippen LogP contribution in [0.15, 0.2) is 18.2 Å². The van der Waals surface area contributed by atoms with Crippen LogP contribution in [0.3, 0.4) is 0 Å². The van der Waals surface area contributed by atoms with Gasteiger partial charge in [-0.2, -0.15) is 0 Å². The van der Waals surface area contributed by atoms with E-state index in [1.807, 2.05) is 6.92 Å². The number of benzene rings is 1. The molecule has 1 aromatic carbocycles. The third kappa shape index (κ3) is 5.82. The molecular formula is C19H25BO7. The Kier molecular flexibility index (Phi) is 7.85. The van der Waals surface area contributed by atoms with Crippen LogP contribution in [-0.4, -0.2) is 36.7 Å². The summed E-state index contributed by atoms with van der Waals surface area (Å²) in [5, 5.41) is 10.3. The van der Waals surface area contributed by atoms with Crippen molar-refractivity contribution >= 4 is 24.8 Å². The molecule has 0 saturated heterocycles. The molecule has 1 aromatic rings. The molecule has 0 radical (unpaired) electrons. The maximum absolute atomic E-state index is 12.2. The van der Waals surface area contributed by atoms with Crippen LogP contribution in [0.25, 0.3) is 0 Å². The van der Waals surface area contributed by atoms with Crippen LogP contribution >= 0.6 is 0 Å². The van der Waals surface area contributed by atoms with E-state index in [-0.39, 0.29) is 35.8 Å². The van der Waals surface area contributed by atoms with E-state index < -0.39 is 25.8 Å². The van der Waals surface area contributed by atoms with Gasteiger partial charge in [-0.05, 0) is 24.5 Å². The van der Waals surface area contributed by atoms with Gasteiger partial charge in [-0.25, -0.2) is 4.79 Å².